The summed E-state index contributed by atoms with van der Waals surface area (Å²) in [5.41, 5.74) is -0.423. The summed E-state index contributed by atoms with van der Waals surface area (Å²) in [5.74, 6) is 0. The average molecular weight is 209 g/mol. The third-order valence-electron chi connectivity index (χ3n) is 3.80. The molecule has 0 saturated carbocycles. The van der Waals surface area contributed by atoms with Gasteiger partial charge in [-0.15, -0.1) is 0 Å². The van der Waals surface area contributed by atoms with E-state index in [1.165, 1.54) is 19.3 Å². The van der Waals surface area contributed by atoms with Crippen molar-refractivity contribution in [3.05, 3.63) is 12.2 Å². The van der Waals surface area contributed by atoms with Crippen molar-refractivity contribution in [1.29, 1.82) is 0 Å². The molecule has 2 nitrogen and oxygen atoms in total. The van der Waals surface area contributed by atoms with Crippen molar-refractivity contribution in [3.63, 3.8) is 0 Å². The second-order valence-electron chi connectivity index (χ2n) is 5.31. The lowest BCUT2D eigenvalue weighted by atomic mass is 9.98. The van der Waals surface area contributed by atoms with Crippen LogP contribution in [-0.4, -0.2) is 34.7 Å². The molecule has 0 bridgehead atoms. The van der Waals surface area contributed by atoms with E-state index >= 15 is 0 Å². The lowest BCUT2D eigenvalue weighted by Crippen LogP contribution is -2.36. The quantitative estimate of drug-likeness (QED) is 0.670. The van der Waals surface area contributed by atoms with Gasteiger partial charge >= 0.3 is 0 Å². The summed E-state index contributed by atoms with van der Waals surface area (Å²) in [7, 11) is 0. The van der Waals surface area contributed by atoms with Crippen LogP contribution >= 0.6 is 0 Å². The summed E-state index contributed by atoms with van der Waals surface area (Å²) in [5, 5.41) is 10.0. The van der Waals surface area contributed by atoms with E-state index < -0.39 is 5.60 Å². The molecule has 0 aromatic heterocycles. The van der Waals surface area contributed by atoms with Crippen LogP contribution in [-0.2, 0) is 0 Å². The number of rotatable bonds is 1. The minimum Gasteiger partial charge on any atom is -0.390 e. The van der Waals surface area contributed by atoms with Crippen molar-refractivity contribution in [2.75, 3.05) is 13.1 Å². The summed E-state index contributed by atoms with van der Waals surface area (Å²) >= 11 is 0. The monoisotopic (exact) mass is 209 g/mol. The maximum Gasteiger partial charge on any atom is 0.0632 e. The molecular weight excluding hydrogens is 186 g/mol. The molecule has 1 heterocycles. The number of likely N-dealkylation sites (tertiary alicyclic amines) is 1. The second kappa shape index (κ2) is 4.67. The zero-order valence-corrected chi connectivity index (χ0v) is 9.78. The molecular formula is C13H23NO. The van der Waals surface area contributed by atoms with E-state index in [1.54, 1.807) is 0 Å². The SMILES string of the molecule is CC1(O)CCCN(C2C=CCCC2)CC1. The Kier molecular flexibility index (Phi) is 3.47. The predicted molar refractivity (Wildman–Crippen MR) is 62.8 cm³/mol. The molecule has 86 valence electrons. The highest BCUT2D eigenvalue weighted by molar-refractivity contribution is 4.99. The van der Waals surface area contributed by atoms with Gasteiger partial charge in [0.25, 0.3) is 0 Å². The molecule has 0 spiro atoms. The molecule has 1 N–H and O–H groups in total. The first-order chi connectivity index (χ1) is 7.17. The summed E-state index contributed by atoms with van der Waals surface area (Å²) in [6.07, 6.45) is 11.6. The van der Waals surface area contributed by atoms with E-state index in [9.17, 15) is 5.11 Å². The molecule has 2 rings (SSSR count). The van der Waals surface area contributed by atoms with Gasteiger partial charge < -0.3 is 5.11 Å². The Morgan fingerprint density at radius 1 is 1.27 bits per heavy atom. The van der Waals surface area contributed by atoms with Crippen molar-refractivity contribution in [2.45, 2.75) is 57.1 Å². The fourth-order valence-corrected chi connectivity index (χ4v) is 2.71. The number of hydrogen-bond donors (Lipinski definition) is 1. The Balaban J connectivity index is 1.93. The van der Waals surface area contributed by atoms with E-state index in [2.05, 4.69) is 17.1 Å². The minimum atomic E-state index is -0.423. The van der Waals surface area contributed by atoms with Crippen LogP contribution in [0.3, 0.4) is 0 Å². The Hall–Kier alpha value is -0.340. The topological polar surface area (TPSA) is 23.5 Å². The second-order valence-corrected chi connectivity index (χ2v) is 5.31. The van der Waals surface area contributed by atoms with Crippen LogP contribution in [0.1, 0.15) is 45.4 Å². The van der Waals surface area contributed by atoms with Crippen molar-refractivity contribution >= 4 is 0 Å². The average Bonchev–Trinajstić information content (AvgIpc) is 2.41. The van der Waals surface area contributed by atoms with Crippen LogP contribution in [0.2, 0.25) is 0 Å². The smallest absolute Gasteiger partial charge is 0.0632 e. The van der Waals surface area contributed by atoms with Crippen LogP contribution in [0.15, 0.2) is 12.2 Å². The first-order valence-corrected chi connectivity index (χ1v) is 6.30. The van der Waals surface area contributed by atoms with Gasteiger partial charge in [0.05, 0.1) is 5.60 Å². The first-order valence-electron chi connectivity index (χ1n) is 6.30. The van der Waals surface area contributed by atoms with Gasteiger partial charge in [0.1, 0.15) is 0 Å². The van der Waals surface area contributed by atoms with E-state index in [4.69, 9.17) is 0 Å². The van der Waals surface area contributed by atoms with E-state index in [0.717, 1.165) is 32.4 Å². The standard InChI is InChI=1S/C13H23NO/c1-13(15)8-5-10-14(11-9-13)12-6-3-2-4-7-12/h3,6,12,15H,2,4-5,7-11H2,1H3. The fraction of sp³-hybridized carbons (Fsp3) is 0.846. The van der Waals surface area contributed by atoms with Gasteiger partial charge in [0.15, 0.2) is 0 Å². The van der Waals surface area contributed by atoms with Gasteiger partial charge in [-0.3, -0.25) is 4.90 Å². The molecule has 1 saturated heterocycles. The van der Waals surface area contributed by atoms with Gasteiger partial charge in [-0.2, -0.15) is 0 Å². The van der Waals surface area contributed by atoms with Crippen LogP contribution in [0.5, 0.6) is 0 Å². The van der Waals surface area contributed by atoms with Crippen molar-refractivity contribution in [2.24, 2.45) is 0 Å². The van der Waals surface area contributed by atoms with Crippen LogP contribution in [0, 0.1) is 0 Å². The van der Waals surface area contributed by atoms with E-state index in [-0.39, 0.29) is 0 Å². The molecule has 0 aromatic rings. The molecule has 2 atom stereocenters. The number of hydrogen-bond acceptors (Lipinski definition) is 2. The maximum atomic E-state index is 10.0. The zero-order chi connectivity index (χ0) is 10.7. The zero-order valence-electron chi connectivity index (χ0n) is 9.78. The summed E-state index contributed by atoms with van der Waals surface area (Å²) in [4.78, 5) is 2.55. The molecule has 15 heavy (non-hydrogen) atoms. The molecule has 0 amide bonds. The Morgan fingerprint density at radius 3 is 2.87 bits per heavy atom. The number of aliphatic hydroxyl groups is 1. The van der Waals surface area contributed by atoms with Gasteiger partial charge in [0, 0.05) is 12.6 Å². The van der Waals surface area contributed by atoms with Gasteiger partial charge in [-0.1, -0.05) is 12.2 Å². The van der Waals surface area contributed by atoms with Gasteiger partial charge in [0.2, 0.25) is 0 Å². The minimum absolute atomic E-state index is 0.423. The Labute approximate surface area is 93.0 Å². The lowest BCUT2D eigenvalue weighted by Gasteiger charge is -2.30. The third kappa shape index (κ3) is 3.05. The first kappa shape index (κ1) is 11.2. The van der Waals surface area contributed by atoms with Crippen LogP contribution in [0.25, 0.3) is 0 Å². The van der Waals surface area contributed by atoms with Crippen molar-refractivity contribution in [1.82, 2.24) is 4.90 Å². The molecule has 1 fully saturated rings. The molecule has 1 aliphatic carbocycles. The normalized spacial score (nSPS) is 38.9. The van der Waals surface area contributed by atoms with Crippen LogP contribution < -0.4 is 0 Å². The lowest BCUT2D eigenvalue weighted by molar-refractivity contribution is 0.0436. The largest absolute Gasteiger partial charge is 0.390 e. The molecule has 0 radical (unpaired) electrons. The van der Waals surface area contributed by atoms with E-state index in [0.29, 0.717) is 6.04 Å². The highest BCUT2D eigenvalue weighted by Crippen LogP contribution is 2.25. The van der Waals surface area contributed by atoms with Crippen LogP contribution in [0.4, 0.5) is 0 Å². The predicted octanol–water partition coefficient (Wildman–Crippen LogP) is 2.33. The maximum absolute atomic E-state index is 10.0. The third-order valence-corrected chi connectivity index (χ3v) is 3.80. The van der Waals surface area contributed by atoms with Crippen molar-refractivity contribution < 1.29 is 5.11 Å². The Morgan fingerprint density at radius 2 is 2.13 bits per heavy atom. The molecule has 0 aromatic carbocycles. The van der Waals surface area contributed by atoms with Gasteiger partial charge in [-0.25, -0.2) is 0 Å². The molecule has 2 heteroatoms. The summed E-state index contributed by atoms with van der Waals surface area (Å²) in [6.45, 7) is 4.19. The highest BCUT2D eigenvalue weighted by atomic mass is 16.3. The number of nitrogens with zero attached hydrogens (tertiary/aromatic N) is 1. The molecule has 2 aliphatic rings. The molecule has 2 unspecified atom stereocenters. The molecule has 1 aliphatic heterocycles. The summed E-state index contributed by atoms with van der Waals surface area (Å²) < 4.78 is 0. The number of allylic oxidation sites excluding steroid dienone is 1. The Bertz CT molecular complexity index is 235. The highest BCUT2D eigenvalue weighted by Gasteiger charge is 2.27. The van der Waals surface area contributed by atoms with Gasteiger partial charge in [-0.05, 0) is 52.0 Å². The van der Waals surface area contributed by atoms with Crippen molar-refractivity contribution in [3.8, 4) is 0 Å². The van der Waals surface area contributed by atoms with E-state index in [1.807, 2.05) is 6.92 Å². The fourth-order valence-electron chi connectivity index (χ4n) is 2.71. The summed E-state index contributed by atoms with van der Waals surface area (Å²) in [6, 6.07) is 0.646.